The second-order valence-corrected chi connectivity index (χ2v) is 8.04. The van der Waals surface area contributed by atoms with Crippen LogP contribution in [-0.2, 0) is 19.8 Å². The van der Waals surface area contributed by atoms with E-state index in [2.05, 4.69) is 0 Å². The molecule has 160 valence electrons. The molecule has 2 fully saturated rings. The molecule has 2 aromatic rings. The normalized spacial score (nSPS) is 23.7. The third kappa shape index (κ3) is 4.16. The molecule has 2 saturated heterocycles. The van der Waals surface area contributed by atoms with Gasteiger partial charge < -0.3 is 23.8 Å². The van der Waals surface area contributed by atoms with Crippen LogP contribution in [0.3, 0.4) is 0 Å². The van der Waals surface area contributed by atoms with Crippen molar-refractivity contribution >= 4 is 6.09 Å². The van der Waals surface area contributed by atoms with Gasteiger partial charge in [-0.2, -0.15) is 0 Å². The average molecular weight is 411 g/mol. The number of nitrogens with zero attached hydrogens (tertiary/aromatic N) is 1. The maximum Gasteiger partial charge on any atom is 0.411 e. The molecule has 6 nitrogen and oxygen atoms in total. The van der Waals surface area contributed by atoms with E-state index < -0.39 is 5.60 Å². The summed E-state index contributed by atoms with van der Waals surface area (Å²) in [7, 11) is 1.64. The van der Waals surface area contributed by atoms with Crippen molar-refractivity contribution in [2.45, 2.75) is 44.6 Å². The Hall–Kier alpha value is -2.57. The number of rotatable bonds is 5. The average Bonchev–Trinajstić information content (AvgIpc) is 2.79. The van der Waals surface area contributed by atoms with E-state index in [-0.39, 0.29) is 18.4 Å². The molecule has 2 unspecified atom stereocenters. The minimum Gasteiger partial charge on any atom is -0.497 e. The lowest BCUT2D eigenvalue weighted by Gasteiger charge is -2.41. The quantitative estimate of drug-likeness (QED) is 0.697. The molecule has 2 aromatic carbocycles. The van der Waals surface area contributed by atoms with E-state index in [1.807, 2.05) is 62.4 Å². The van der Waals surface area contributed by atoms with Crippen LogP contribution in [-0.4, -0.2) is 37.9 Å². The summed E-state index contributed by atoms with van der Waals surface area (Å²) >= 11 is 0. The zero-order chi connectivity index (χ0) is 21.1. The molecule has 2 heterocycles. The molecule has 0 radical (unpaired) electrons. The van der Waals surface area contributed by atoms with Crippen molar-refractivity contribution in [1.29, 1.82) is 0 Å². The van der Waals surface area contributed by atoms with E-state index in [1.165, 1.54) is 0 Å². The van der Waals surface area contributed by atoms with Crippen molar-refractivity contribution in [3.05, 3.63) is 65.2 Å². The first-order valence-corrected chi connectivity index (χ1v) is 10.5. The number of ether oxygens (including phenoxy) is 4. The van der Waals surface area contributed by atoms with Gasteiger partial charge >= 0.3 is 6.09 Å². The Morgan fingerprint density at radius 2 is 1.73 bits per heavy atom. The Labute approximate surface area is 177 Å². The van der Waals surface area contributed by atoms with Crippen LogP contribution in [0.4, 0.5) is 4.79 Å². The Balaban J connectivity index is 1.43. The summed E-state index contributed by atoms with van der Waals surface area (Å²) in [5.74, 6) is 0.798. The van der Waals surface area contributed by atoms with Crippen molar-refractivity contribution in [1.82, 2.24) is 4.90 Å². The summed E-state index contributed by atoms with van der Waals surface area (Å²) in [6, 6.07) is 15.7. The van der Waals surface area contributed by atoms with Gasteiger partial charge in [0.25, 0.3) is 0 Å². The monoisotopic (exact) mass is 411 g/mol. The minimum atomic E-state index is -0.653. The summed E-state index contributed by atoms with van der Waals surface area (Å²) < 4.78 is 22.5. The second-order valence-electron chi connectivity index (χ2n) is 8.04. The van der Waals surface area contributed by atoms with Gasteiger partial charge in [0.15, 0.2) is 6.29 Å². The maximum atomic E-state index is 12.9. The molecular weight excluding hydrogens is 382 g/mol. The minimum absolute atomic E-state index is 0.0732. The second kappa shape index (κ2) is 8.66. The van der Waals surface area contributed by atoms with Crippen LogP contribution in [0.15, 0.2) is 48.5 Å². The van der Waals surface area contributed by atoms with Crippen molar-refractivity contribution in [2.24, 2.45) is 0 Å². The van der Waals surface area contributed by atoms with E-state index in [1.54, 1.807) is 12.0 Å². The molecular formula is C24H29NO5. The number of cyclic esters (lactones) is 1. The van der Waals surface area contributed by atoms with Crippen LogP contribution in [0, 0.1) is 0 Å². The van der Waals surface area contributed by atoms with Crippen molar-refractivity contribution in [3.8, 4) is 5.75 Å². The Kier molecular flexibility index (Phi) is 5.97. The Bertz CT molecular complexity index is 860. The number of amides is 1. The van der Waals surface area contributed by atoms with Gasteiger partial charge in [-0.3, -0.25) is 0 Å². The highest BCUT2D eigenvalue weighted by molar-refractivity contribution is 5.70. The number of carbonyl (C=O) groups excluding carboxylic acids is 1. The molecule has 0 saturated carbocycles. The molecule has 0 bridgehead atoms. The number of benzene rings is 2. The van der Waals surface area contributed by atoms with Crippen molar-refractivity contribution in [3.63, 3.8) is 0 Å². The largest absolute Gasteiger partial charge is 0.497 e. The van der Waals surface area contributed by atoms with Gasteiger partial charge in [-0.15, -0.1) is 0 Å². The van der Waals surface area contributed by atoms with Gasteiger partial charge in [-0.25, -0.2) is 4.79 Å². The molecule has 2 aliphatic heterocycles. The van der Waals surface area contributed by atoms with Crippen LogP contribution < -0.4 is 4.74 Å². The highest BCUT2D eigenvalue weighted by Crippen LogP contribution is 2.37. The topological polar surface area (TPSA) is 57.2 Å². The fourth-order valence-electron chi connectivity index (χ4n) is 4.02. The van der Waals surface area contributed by atoms with Gasteiger partial charge in [-0.05, 0) is 43.5 Å². The van der Waals surface area contributed by atoms with E-state index in [4.69, 9.17) is 18.9 Å². The third-order valence-corrected chi connectivity index (χ3v) is 6.06. The predicted molar refractivity (Wildman–Crippen MR) is 112 cm³/mol. The zero-order valence-electron chi connectivity index (χ0n) is 17.8. The Morgan fingerprint density at radius 3 is 2.33 bits per heavy atom. The van der Waals surface area contributed by atoms with Gasteiger partial charge in [0, 0.05) is 18.5 Å². The van der Waals surface area contributed by atoms with Crippen LogP contribution in [0.1, 0.15) is 55.7 Å². The molecule has 1 amide bonds. The fourth-order valence-corrected chi connectivity index (χ4v) is 4.02. The summed E-state index contributed by atoms with van der Waals surface area (Å²) in [5, 5.41) is 0. The molecule has 2 atom stereocenters. The lowest BCUT2D eigenvalue weighted by atomic mass is 9.89. The third-order valence-electron chi connectivity index (χ3n) is 6.06. The lowest BCUT2D eigenvalue weighted by Crippen LogP contribution is -2.47. The van der Waals surface area contributed by atoms with E-state index in [0.717, 1.165) is 35.3 Å². The molecule has 6 heteroatoms. The van der Waals surface area contributed by atoms with Gasteiger partial charge in [0.05, 0.1) is 26.4 Å². The summed E-state index contributed by atoms with van der Waals surface area (Å²) in [4.78, 5) is 14.7. The lowest BCUT2D eigenvalue weighted by molar-refractivity contribution is -0.183. The van der Waals surface area contributed by atoms with Crippen molar-refractivity contribution in [2.75, 3.05) is 26.9 Å². The Morgan fingerprint density at radius 1 is 1.07 bits per heavy atom. The molecule has 2 aliphatic rings. The highest BCUT2D eigenvalue weighted by Gasteiger charge is 2.40. The number of hydrogen-bond donors (Lipinski definition) is 0. The van der Waals surface area contributed by atoms with Crippen LogP contribution in [0.25, 0.3) is 0 Å². The van der Waals surface area contributed by atoms with E-state index >= 15 is 0 Å². The fraction of sp³-hybridized carbons (Fsp3) is 0.458. The number of hydrogen-bond acceptors (Lipinski definition) is 5. The predicted octanol–water partition coefficient (Wildman–Crippen LogP) is 4.95. The summed E-state index contributed by atoms with van der Waals surface area (Å²) in [5.41, 5.74) is 2.36. The summed E-state index contributed by atoms with van der Waals surface area (Å²) in [6.07, 6.45) is 1.04. The van der Waals surface area contributed by atoms with Gasteiger partial charge in [0.2, 0.25) is 0 Å². The molecule has 0 aromatic heterocycles. The van der Waals surface area contributed by atoms with Crippen molar-refractivity contribution < 1.29 is 23.7 Å². The standard InChI is InChI=1S/C24H29NO5/c1-17(18-7-11-21(27-3)12-8-18)25-14-13-24(2,30-23(25)26)20-9-5-19(6-10-20)22-28-15-4-16-29-22/h5-12,17,22H,4,13-16H2,1-3H3. The van der Waals surface area contributed by atoms with Gasteiger partial charge in [-0.1, -0.05) is 36.4 Å². The zero-order valence-corrected chi connectivity index (χ0v) is 17.8. The highest BCUT2D eigenvalue weighted by atomic mass is 16.7. The first kappa shape index (κ1) is 20.7. The summed E-state index contributed by atoms with van der Waals surface area (Å²) in [6.45, 7) is 6.04. The SMILES string of the molecule is COc1ccc(C(C)N2CCC(C)(c3ccc(C4OCCCO4)cc3)OC2=O)cc1. The van der Waals surface area contributed by atoms with E-state index in [9.17, 15) is 4.79 Å². The van der Waals surface area contributed by atoms with Crippen LogP contribution in [0.2, 0.25) is 0 Å². The van der Waals surface area contributed by atoms with E-state index in [0.29, 0.717) is 19.8 Å². The van der Waals surface area contributed by atoms with Crippen LogP contribution >= 0.6 is 0 Å². The molecule has 0 N–H and O–H groups in total. The molecule has 4 rings (SSSR count). The van der Waals surface area contributed by atoms with Gasteiger partial charge in [0.1, 0.15) is 11.4 Å². The first-order chi connectivity index (χ1) is 14.5. The number of carbonyl (C=O) groups is 1. The smallest absolute Gasteiger partial charge is 0.411 e. The molecule has 30 heavy (non-hydrogen) atoms. The number of methoxy groups -OCH3 is 1. The van der Waals surface area contributed by atoms with Crippen LogP contribution in [0.5, 0.6) is 5.75 Å². The first-order valence-electron chi connectivity index (χ1n) is 10.5. The molecule has 0 spiro atoms. The maximum absolute atomic E-state index is 12.9. The molecule has 0 aliphatic carbocycles.